The summed E-state index contributed by atoms with van der Waals surface area (Å²) in [6, 6.07) is 2.24. The zero-order valence-corrected chi connectivity index (χ0v) is 10.5. The molecule has 0 radical (unpaired) electrons. The zero-order valence-electron chi connectivity index (χ0n) is 8.88. The summed E-state index contributed by atoms with van der Waals surface area (Å²) in [4.78, 5) is 21.6. The summed E-state index contributed by atoms with van der Waals surface area (Å²) in [6.45, 7) is 1.27. The Balaban J connectivity index is 2.54. The van der Waals surface area contributed by atoms with Crippen LogP contribution in [0.4, 0.5) is 0 Å². The SMILES string of the molecule is CC(=O)NC(CSc1ccc(Cl)nn1)C(=O)O. The fourth-order valence-corrected chi connectivity index (χ4v) is 1.90. The van der Waals surface area contributed by atoms with Crippen LogP contribution < -0.4 is 5.32 Å². The molecule has 0 saturated carbocycles. The second kappa shape index (κ2) is 6.41. The number of aromatic nitrogens is 2. The highest BCUT2D eigenvalue weighted by atomic mass is 35.5. The van der Waals surface area contributed by atoms with Crippen molar-refractivity contribution < 1.29 is 14.7 Å². The van der Waals surface area contributed by atoms with Crippen LogP contribution in [-0.2, 0) is 9.59 Å². The van der Waals surface area contributed by atoms with Gasteiger partial charge in [0.25, 0.3) is 0 Å². The van der Waals surface area contributed by atoms with Crippen molar-refractivity contribution in [3.8, 4) is 0 Å². The lowest BCUT2D eigenvalue weighted by Crippen LogP contribution is -2.41. The van der Waals surface area contributed by atoms with Gasteiger partial charge in [-0.05, 0) is 12.1 Å². The van der Waals surface area contributed by atoms with Crippen LogP contribution in [0.2, 0.25) is 5.15 Å². The van der Waals surface area contributed by atoms with E-state index in [9.17, 15) is 9.59 Å². The number of aliphatic carboxylic acids is 1. The van der Waals surface area contributed by atoms with Gasteiger partial charge in [0.05, 0.1) is 0 Å². The molecule has 0 spiro atoms. The van der Waals surface area contributed by atoms with Gasteiger partial charge in [-0.3, -0.25) is 4.79 Å². The first-order valence-electron chi connectivity index (χ1n) is 4.61. The molecule has 92 valence electrons. The topological polar surface area (TPSA) is 92.2 Å². The van der Waals surface area contributed by atoms with E-state index in [0.29, 0.717) is 5.03 Å². The van der Waals surface area contributed by atoms with E-state index in [1.807, 2.05) is 0 Å². The molecule has 0 aromatic carbocycles. The molecular weight excluding hydrogens is 266 g/mol. The van der Waals surface area contributed by atoms with Crippen molar-refractivity contribution in [2.45, 2.75) is 18.0 Å². The number of halogens is 1. The van der Waals surface area contributed by atoms with E-state index >= 15 is 0 Å². The van der Waals surface area contributed by atoms with Gasteiger partial charge in [-0.15, -0.1) is 22.0 Å². The summed E-state index contributed by atoms with van der Waals surface area (Å²) in [6.07, 6.45) is 0. The number of carbonyl (C=O) groups excluding carboxylic acids is 1. The summed E-state index contributed by atoms with van der Waals surface area (Å²) < 4.78 is 0. The smallest absolute Gasteiger partial charge is 0.327 e. The highest BCUT2D eigenvalue weighted by Crippen LogP contribution is 2.16. The van der Waals surface area contributed by atoms with Crippen LogP contribution in [-0.4, -0.2) is 39.0 Å². The average Bonchev–Trinajstić information content (AvgIpc) is 2.25. The maximum atomic E-state index is 10.8. The number of thioether (sulfide) groups is 1. The lowest BCUT2D eigenvalue weighted by Gasteiger charge is -2.11. The molecule has 1 unspecified atom stereocenters. The number of rotatable bonds is 5. The minimum Gasteiger partial charge on any atom is -0.480 e. The molecule has 6 nitrogen and oxygen atoms in total. The Hall–Kier alpha value is -1.34. The van der Waals surface area contributed by atoms with E-state index < -0.39 is 12.0 Å². The fourth-order valence-electron chi connectivity index (χ4n) is 0.970. The lowest BCUT2D eigenvalue weighted by molar-refractivity contribution is -0.140. The Morgan fingerprint density at radius 1 is 1.53 bits per heavy atom. The van der Waals surface area contributed by atoms with Crippen molar-refractivity contribution in [2.75, 3.05) is 5.75 Å². The Bertz CT molecular complexity index is 412. The third-order valence-corrected chi connectivity index (χ3v) is 2.90. The van der Waals surface area contributed by atoms with E-state index in [2.05, 4.69) is 15.5 Å². The second-order valence-electron chi connectivity index (χ2n) is 3.10. The number of carbonyl (C=O) groups is 2. The Morgan fingerprint density at radius 3 is 2.71 bits per heavy atom. The van der Waals surface area contributed by atoms with Crippen molar-refractivity contribution in [1.29, 1.82) is 0 Å². The molecule has 1 aromatic rings. The van der Waals surface area contributed by atoms with E-state index in [0.717, 1.165) is 0 Å². The van der Waals surface area contributed by atoms with E-state index in [1.165, 1.54) is 18.7 Å². The highest BCUT2D eigenvalue weighted by molar-refractivity contribution is 7.99. The van der Waals surface area contributed by atoms with Gasteiger partial charge >= 0.3 is 5.97 Å². The number of nitrogens with one attached hydrogen (secondary N) is 1. The first-order chi connectivity index (χ1) is 7.99. The van der Waals surface area contributed by atoms with Gasteiger partial charge in [0, 0.05) is 12.7 Å². The summed E-state index contributed by atoms with van der Waals surface area (Å²) in [5.74, 6) is -1.31. The van der Waals surface area contributed by atoms with Crippen LogP contribution in [0.3, 0.4) is 0 Å². The maximum Gasteiger partial charge on any atom is 0.327 e. The third kappa shape index (κ3) is 5.01. The normalized spacial score (nSPS) is 11.9. The molecular formula is C9H10ClN3O3S. The largest absolute Gasteiger partial charge is 0.480 e. The van der Waals surface area contributed by atoms with Crippen LogP contribution in [0.25, 0.3) is 0 Å². The van der Waals surface area contributed by atoms with Crippen LogP contribution >= 0.6 is 23.4 Å². The summed E-state index contributed by atoms with van der Waals surface area (Å²) in [5.41, 5.74) is 0. The van der Waals surface area contributed by atoms with Gasteiger partial charge in [0.2, 0.25) is 5.91 Å². The van der Waals surface area contributed by atoms with Crippen LogP contribution in [0.1, 0.15) is 6.92 Å². The van der Waals surface area contributed by atoms with E-state index in [-0.39, 0.29) is 16.8 Å². The van der Waals surface area contributed by atoms with Crippen molar-refractivity contribution in [3.05, 3.63) is 17.3 Å². The summed E-state index contributed by atoms with van der Waals surface area (Å²) in [5, 5.41) is 19.4. The van der Waals surface area contributed by atoms with Gasteiger partial charge in [-0.2, -0.15) is 0 Å². The standard InChI is InChI=1S/C9H10ClN3O3S/c1-5(14)11-6(9(15)16)4-17-8-3-2-7(10)12-13-8/h2-3,6H,4H2,1H3,(H,11,14)(H,15,16). The minimum absolute atomic E-state index is 0.172. The van der Waals surface area contributed by atoms with Gasteiger partial charge in [-0.1, -0.05) is 11.6 Å². The van der Waals surface area contributed by atoms with Crippen LogP contribution in [0.5, 0.6) is 0 Å². The van der Waals surface area contributed by atoms with E-state index in [1.54, 1.807) is 12.1 Å². The molecule has 0 aliphatic carbocycles. The Morgan fingerprint density at radius 2 is 2.24 bits per heavy atom. The quantitative estimate of drug-likeness (QED) is 0.773. The number of hydrogen-bond acceptors (Lipinski definition) is 5. The molecule has 0 fully saturated rings. The lowest BCUT2D eigenvalue weighted by atomic mass is 10.3. The number of hydrogen-bond donors (Lipinski definition) is 2. The number of carboxylic acids is 1. The van der Waals surface area contributed by atoms with Crippen molar-refractivity contribution in [1.82, 2.24) is 15.5 Å². The molecule has 0 aliphatic rings. The van der Waals surface area contributed by atoms with Gasteiger partial charge in [-0.25, -0.2) is 4.79 Å². The van der Waals surface area contributed by atoms with Gasteiger partial charge < -0.3 is 10.4 Å². The molecule has 17 heavy (non-hydrogen) atoms. The van der Waals surface area contributed by atoms with Gasteiger partial charge in [0.1, 0.15) is 11.1 Å². The molecule has 0 aliphatic heterocycles. The molecule has 1 amide bonds. The average molecular weight is 276 g/mol. The van der Waals surface area contributed by atoms with Crippen molar-refractivity contribution in [2.24, 2.45) is 0 Å². The maximum absolute atomic E-state index is 10.8. The molecule has 1 atom stereocenters. The minimum atomic E-state index is -1.09. The number of carboxylic acid groups (broad SMARTS) is 1. The highest BCUT2D eigenvalue weighted by Gasteiger charge is 2.18. The number of amides is 1. The second-order valence-corrected chi connectivity index (χ2v) is 4.52. The van der Waals surface area contributed by atoms with Crippen LogP contribution in [0, 0.1) is 0 Å². The van der Waals surface area contributed by atoms with Crippen molar-refractivity contribution >= 4 is 35.2 Å². The van der Waals surface area contributed by atoms with Crippen LogP contribution in [0.15, 0.2) is 17.2 Å². The molecule has 1 aromatic heterocycles. The molecule has 1 heterocycles. The molecule has 0 saturated heterocycles. The van der Waals surface area contributed by atoms with E-state index in [4.69, 9.17) is 16.7 Å². The predicted molar refractivity (Wildman–Crippen MR) is 63.0 cm³/mol. The number of nitrogens with zero attached hydrogens (tertiary/aromatic N) is 2. The zero-order chi connectivity index (χ0) is 12.8. The first kappa shape index (κ1) is 13.7. The Labute approximate surface area is 107 Å². The van der Waals surface area contributed by atoms with Gasteiger partial charge in [0.15, 0.2) is 5.15 Å². The predicted octanol–water partition coefficient (Wildman–Crippen LogP) is 0.811. The first-order valence-corrected chi connectivity index (χ1v) is 5.97. The Kier molecular flexibility index (Phi) is 5.17. The summed E-state index contributed by atoms with van der Waals surface area (Å²) in [7, 11) is 0. The molecule has 2 N–H and O–H groups in total. The van der Waals surface area contributed by atoms with Crippen molar-refractivity contribution in [3.63, 3.8) is 0 Å². The monoisotopic (exact) mass is 275 g/mol. The molecule has 1 rings (SSSR count). The fraction of sp³-hybridized carbons (Fsp3) is 0.333. The molecule has 8 heteroatoms. The summed E-state index contributed by atoms with van der Waals surface area (Å²) >= 11 is 6.74. The third-order valence-electron chi connectivity index (χ3n) is 1.68. The molecule has 0 bridgehead atoms.